The molecule has 20 heavy (non-hydrogen) atoms. The summed E-state index contributed by atoms with van der Waals surface area (Å²) in [5.41, 5.74) is 0. The SMILES string of the molecule is CC(C)OC(=O)NS(=O)(=O)N(C)CCN1CCNCC1. The number of nitrogens with zero attached hydrogens (tertiary/aromatic N) is 2. The topological polar surface area (TPSA) is 91.0 Å². The van der Waals surface area contributed by atoms with Crippen LogP contribution in [0, 0.1) is 0 Å². The van der Waals surface area contributed by atoms with Gasteiger partial charge in [-0.1, -0.05) is 0 Å². The predicted octanol–water partition coefficient (Wildman–Crippen LogP) is -0.797. The van der Waals surface area contributed by atoms with E-state index in [9.17, 15) is 13.2 Å². The monoisotopic (exact) mass is 308 g/mol. The van der Waals surface area contributed by atoms with Crippen molar-refractivity contribution in [2.45, 2.75) is 20.0 Å². The van der Waals surface area contributed by atoms with Crippen molar-refractivity contribution in [2.75, 3.05) is 46.3 Å². The van der Waals surface area contributed by atoms with Gasteiger partial charge >= 0.3 is 16.3 Å². The molecule has 9 heteroatoms. The number of rotatable bonds is 6. The second-order valence-corrected chi connectivity index (χ2v) is 6.75. The first-order valence-electron chi connectivity index (χ1n) is 6.69. The lowest BCUT2D eigenvalue weighted by molar-refractivity contribution is 0.121. The Labute approximate surface area is 120 Å². The highest BCUT2D eigenvalue weighted by molar-refractivity contribution is 7.87. The van der Waals surface area contributed by atoms with Crippen molar-refractivity contribution in [2.24, 2.45) is 0 Å². The summed E-state index contributed by atoms with van der Waals surface area (Å²) in [6.45, 7) is 7.89. The Morgan fingerprint density at radius 2 is 2.00 bits per heavy atom. The third kappa shape index (κ3) is 6.04. The normalized spacial score (nSPS) is 17.4. The molecule has 0 aromatic rings. The van der Waals surface area contributed by atoms with Crippen LogP contribution in [-0.4, -0.2) is 76.1 Å². The molecular formula is C11H24N4O4S. The molecule has 1 aliphatic rings. The van der Waals surface area contributed by atoms with Crippen molar-refractivity contribution in [3.8, 4) is 0 Å². The second-order valence-electron chi connectivity index (χ2n) is 4.97. The van der Waals surface area contributed by atoms with E-state index < -0.39 is 16.3 Å². The minimum Gasteiger partial charge on any atom is -0.446 e. The van der Waals surface area contributed by atoms with Gasteiger partial charge in [0.2, 0.25) is 0 Å². The van der Waals surface area contributed by atoms with Crippen molar-refractivity contribution in [3.05, 3.63) is 0 Å². The highest BCUT2D eigenvalue weighted by Gasteiger charge is 2.22. The molecule has 0 aromatic heterocycles. The van der Waals surface area contributed by atoms with Crippen LogP contribution in [0.2, 0.25) is 0 Å². The third-order valence-electron chi connectivity index (χ3n) is 2.91. The van der Waals surface area contributed by atoms with Crippen LogP contribution < -0.4 is 10.0 Å². The van der Waals surface area contributed by atoms with E-state index in [0.29, 0.717) is 13.1 Å². The molecule has 1 heterocycles. The first kappa shape index (κ1) is 17.2. The number of hydrogen-bond donors (Lipinski definition) is 2. The van der Waals surface area contributed by atoms with Gasteiger partial charge in [0.15, 0.2) is 0 Å². The Bertz CT molecular complexity index is 407. The maximum atomic E-state index is 11.9. The second kappa shape index (κ2) is 7.77. The molecule has 1 rings (SSSR count). The van der Waals surface area contributed by atoms with Gasteiger partial charge in [-0.15, -0.1) is 0 Å². The maximum absolute atomic E-state index is 11.9. The average Bonchev–Trinajstić information content (AvgIpc) is 2.35. The van der Waals surface area contributed by atoms with Gasteiger partial charge in [0, 0.05) is 46.3 Å². The number of nitrogens with one attached hydrogen (secondary N) is 2. The van der Waals surface area contributed by atoms with Gasteiger partial charge in [-0.2, -0.15) is 12.7 Å². The molecule has 1 aliphatic heterocycles. The molecule has 0 spiro atoms. The number of carbonyl (C=O) groups is 1. The van der Waals surface area contributed by atoms with E-state index in [1.165, 1.54) is 7.05 Å². The fourth-order valence-corrected chi connectivity index (χ4v) is 2.50. The predicted molar refractivity (Wildman–Crippen MR) is 75.6 cm³/mol. The summed E-state index contributed by atoms with van der Waals surface area (Å²) in [6, 6.07) is 0. The lowest BCUT2D eigenvalue weighted by Gasteiger charge is -2.28. The smallest absolute Gasteiger partial charge is 0.422 e. The summed E-state index contributed by atoms with van der Waals surface area (Å²) in [6.07, 6.45) is -1.31. The van der Waals surface area contributed by atoms with Crippen LogP contribution in [0.3, 0.4) is 0 Å². The summed E-state index contributed by atoms with van der Waals surface area (Å²) in [5.74, 6) is 0. The number of ether oxygens (including phenoxy) is 1. The molecule has 0 atom stereocenters. The van der Waals surface area contributed by atoms with E-state index in [1.54, 1.807) is 13.8 Å². The molecule has 0 saturated carbocycles. The highest BCUT2D eigenvalue weighted by Crippen LogP contribution is 1.99. The highest BCUT2D eigenvalue weighted by atomic mass is 32.2. The van der Waals surface area contributed by atoms with Gasteiger partial charge in [-0.05, 0) is 13.8 Å². The van der Waals surface area contributed by atoms with Crippen LogP contribution in [0.1, 0.15) is 13.8 Å². The zero-order valence-corrected chi connectivity index (χ0v) is 13.1. The first-order chi connectivity index (χ1) is 9.31. The third-order valence-corrected chi connectivity index (χ3v) is 4.33. The van der Waals surface area contributed by atoms with Crippen LogP contribution in [-0.2, 0) is 14.9 Å². The molecule has 0 bridgehead atoms. The lowest BCUT2D eigenvalue weighted by Crippen LogP contribution is -2.48. The molecule has 1 saturated heterocycles. The van der Waals surface area contributed by atoms with Crippen molar-refractivity contribution >= 4 is 16.3 Å². The minimum absolute atomic E-state index is 0.324. The van der Waals surface area contributed by atoms with Crippen LogP contribution >= 0.6 is 0 Å². The average molecular weight is 308 g/mol. The molecule has 0 aliphatic carbocycles. The van der Waals surface area contributed by atoms with E-state index in [0.717, 1.165) is 30.5 Å². The van der Waals surface area contributed by atoms with E-state index in [-0.39, 0.29) is 6.10 Å². The van der Waals surface area contributed by atoms with Crippen LogP contribution in [0.15, 0.2) is 0 Å². The first-order valence-corrected chi connectivity index (χ1v) is 8.13. The number of carbonyl (C=O) groups excluding carboxylic acids is 1. The number of likely N-dealkylation sites (N-methyl/N-ethyl adjacent to an activating group) is 1. The van der Waals surface area contributed by atoms with Gasteiger partial charge in [-0.25, -0.2) is 9.52 Å². The summed E-state index contributed by atoms with van der Waals surface area (Å²) in [4.78, 5) is 13.5. The Hall–Kier alpha value is -0.900. The van der Waals surface area contributed by atoms with Gasteiger partial charge in [0.05, 0.1) is 6.10 Å². The largest absolute Gasteiger partial charge is 0.446 e. The molecule has 118 valence electrons. The lowest BCUT2D eigenvalue weighted by atomic mass is 10.3. The molecule has 0 unspecified atom stereocenters. The van der Waals surface area contributed by atoms with Crippen LogP contribution in [0.25, 0.3) is 0 Å². The molecule has 2 N–H and O–H groups in total. The quantitative estimate of drug-likeness (QED) is 0.668. The molecule has 1 fully saturated rings. The van der Waals surface area contributed by atoms with Crippen molar-refractivity contribution in [3.63, 3.8) is 0 Å². The summed E-state index contributed by atoms with van der Waals surface area (Å²) in [7, 11) is -2.40. The standard InChI is InChI=1S/C11H24N4O4S/c1-10(2)19-11(16)13-20(17,18)14(3)8-9-15-6-4-12-5-7-15/h10,12H,4-9H2,1-3H3,(H,13,16). The number of piperazine rings is 1. The van der Waals surface area contributed by atoms with E-state index in [4.69, 9.17) is 4.74 Å². The van der Waals surface area contributed by atoms with Gasteiger partial charge in [0.25, 0.3) is 0 Å². The molecule has 0 aromatic carbocycles. The van der Waals surface area contributed by atoms with E-state index in [2.05, 4.69) is 10.2 Å². The summed E-state index contributed by atoms with van der Waals surface area (Å²) in [5, 5.41) is 3.23. The summed E-state index contributed by atoms with van der Waals surface area (Å²) < 4.78 is 31.5. The molecule has 1 amide bonds. The summed E-state index contributed by atoms with van der Waals surface area (Å²) >= 11 is 0. The van der Waals surface area contributed by atoms with Gasteiger partial charge < -0.3 is 10.1 Å². The zero-order chi connectivity index (χ0) is 15.2. The Morgan fingerprint density at radius 3 is 2.55 bits per heavy atom. The molecule has 0 radical (unpaired) electrons. The zero-order valence-electron chi connectivity index (χ0n) is 12.3. The fraction of sp³-hybridized carbons (Fsp3) is 0.909. The van der Waals surface area contributed by atoms with Crippen molar-refractivity contribution in [1.82, 2.24) is 19.2 Å². The van der Waals surface area contributed by atoms with Gasteiger partial charge in [-0.3, -0.25) is 4.90 Å². The fourth-order valence-electron chi connectivity index (χ4n) is 1.76. The molecular weight excluding hydrogens is 284 g/mol. The number of amides is 1. The Kier molecular flexibility index (Phi) is 6.66. The van der Waals surface area contributed by atoms with Crippen LogP contribution in [0.5, 0.6) is 0 Å². The van der Waals surface area contributed by atoms with Crippen molar-refractivity contribution < 1.29 is 17.9 Å². The maximum Gasteiger partial charge on any atom is 0.422 e. The van der Waals surface area contributed by atoms with Gasteiger partial charge in [0.1, 0.15) is 0 Å². The van der Waals surface area contributed by atoms with E-state index >= 15 is 0 Å². The van der Waals surface area contributed by atoms with Crippen LogP contribution in [0.4, 0.5) is 4.79 Å². The minimum atomic E-state index is -3.84. The Balaban J connectivity index is 2.39. The Morgan fingerprint density at radius 1 is 1.40 bits per heavy atom. The number of hydrogen-bond acceptors (Lipinski definition) is 6. The van der Waals surface area contributed by atoms with E-state index in [1.807, 2.05) is 4.72 Å². The van der Waals surface area contributed by atoms with Crippen molar-refractivity contribution in [1.29, 1.82) is 0 Å². The molecule has 8 nitrogen and oxygen atoms in total.